The zero-order chi connectivity index (χ0) is 35.4. The Kier molecular flexibility index (Phi) is 6.55. The molecule has 1 aliphatic heterocycles. The molecule has 2 aliphatic carbocycles. The molecule has 0 saturated carbocycles. The molecule has 1 heterocycles. The Bertz CT molecular complexity index is 2730. The molecule has 0 saturated heterocycles. The van der Waals surface area contributed by atoms with Crippen molar-refractivity contribution >= 4 is 44.1 Å². The Balaban J connectivity index is 1.15. The van der Waals surface area contributed by atoms with Crippen molar-refractivity contribution in [1.82, 2.24) is 0 Å². The van der Waals surface area contributed by atoms with Gasteiger partial charge in [-0.25, -0.2) is 0 Å². The summed E-state index contributed by atoms with van der Waals surface area (Å²) in [5, 5.41) is 5.00. The predicted octanol–water partition coefficient (Wildman–Crippen LogP) is 13.4. The maximum atomic E-state index is 4.80. The first-order chi connectivity index (χ1) is 25.2. The number of hydrogen-bond acceptors (Lipinski definition) is 1. The minimum atomic E-state index is -0.115. The minimum Gasteiger partial charge on any atom is -0.337 e. The van der Waals surface area contributed by atoms with Gasteiger partial charge in [-0.1, -0.05) is 143 Å². The highest BCUT2D eigenvalue weighted by atomic mass is 15.1. The van der Waals surface area contributed by atoms with E-state index in [0.717, 1.165) is 12.1 Å². The SMILES string of the molecule is C=C1C=C2/C(=C\CN(c3ccc4cc(-c5ccc6ccccc6c5)ccc4c3)c3cc4c(cc31)-c1ccccc1C4(C)C)C(C)(C)c1ccccc12. The molecule has 7 aromatic rings. The highest BCUT2D eigenvalue weighted by Gasteiger charge is 2.40. The van der Waals surface area contributed by atoms with Crippen LogP contribution < -0.4 is 4.90 Å². The largest absolute Gasteiger partial charge is 0.337 e. The minimum absolute atomic E-state index is 0.108. The first kappa shape index (κ1) is 30.9. The van der Waals surface area contributed by atoms with Gasteiger partial charge in [-0.15, -0.1) is 0 Å². The summed E-state index contributed by atoms with van der Waals surface area (Å²) in [6.45, 7) is 15.0. The Morgan fingerprint density at radius 3 is 1.87 bits per heavy atom. The van der Waals surface area contributed by atoms with E-state index in [4.69, 9.17) is 6.58 Å². The topological polar surface area (TPSA) is 3.24 Å². The monoisotopic (exact) mass is 667 g/mol. The van der Waals surface area contributed by atoms with Crippen molar-refractivity contribution in [3.8, 4) is 22.3 Å². The van der Waals surface area contributed by atoms with Gasteiger partial charge in [0, 0.05) is 34.3 Å². The van der Waals surface area contributed by atoms with Gasteiger partial charge >= 0.3 is 0 Å². The van der Waals surface area contributed by atoms with Gasteiger partial charge in [0.2, 0.25) is 0 Å². The molecule has 250 valence electrons. The van der Waals surface area contributed by atoms with E-state index in [0.29, 0.717) is 0 Å². The van der Waals surface area contributed by atoms with E-state index < -0.39 is 0 Å². The summed E-state index contributed by atoms with van der Waals surface area (Å²) >= 11 is 0. The second-order valence-corrected chi connectivity index (χ2v) is 15.9. The molecule has 52 heavy (non-hydrogen) atoms. The summed E-state index contributed by atoms with van der Waals surface area (Å²) in [7, 11) is 0. The van der Waals surface area contributed by atoms with E-state index in [-0.39, 0.29) is 10.8 Å². The van der Waals surface area contributed by atoms with Crippen molar-refractivity contribution in [1.29, 1.82) is 0 Å². The number of allylic oxidation sites excluding steroid dienone is 4. The number of benzene rings is 7. The molecule has 0 amide bonds. The summed E-state index contributed by atoms with van der Waals surface area (Å²) < 4.78 is 0. The molecule has 7 aromatic carbocycles. The van der Waals surface area contributed by atoms with Crippen LogP contribution in [0.4, 0.5) is 11.4 Å². The number of hydrogen-bond donors (Lipinski definition) is 0. The van der Waals surface area contributed by atoms with Crippen molar-refractivity contribution in [2.75, 3.05) is 11.4 Å². The third-order valence-corrected chi connectivity index (χ3v) is 12.2. The average Bonchev–Trinajstić information content (AvgIpc) is 3.54. The number of nitrogens with zero attached hydrogens (tertiary/aromatic N) is 1. The van der Waals surface area contributed by atoms with Crippen molar-refractivity contribution < 1.29 is 0 Å². The summed E-state index contributed by atoms with van der Waals surface area (Å²) in [4.78, 5) is 2.53. The van der Waals surface area contributed by atoms with Gasteiger partial charge in [0.25, 0.3) is 0 Å². The Morgan fingerprint density at radius 2 is 1.10 bits per heavy atom. The van der Waals surface area contributed by atoms with Crippen LogP contribution in [-0.2, 0) is 10.8 Å². The maximum Gasteiger partial charge on any atom is 0.0496 e. The fourth-order valence-corrected chi connectivity index (χ4v) is 9.35. The van der Waals surface area contributed by atoms with E-state index in [2.05, 4.69) is 184 Å². The van der Waals surface area contributed by atoms with E-state index in [1.54, 1.807) is 0 Å². The lowest BCUT2D eigenvalue weighted by atomic mass is 9.81. The third kappa shape index (κ3) is 4.48. The van der Waals surface area contributed by atoms with Crippen molar-refractivity contribution in [3.05, 3.63) is 192 Å². The molecule has 0 fully saturated rings. The number of rotatable bonds is 2. The second kappa shape index (κ2) is 11.0. The lowest BCUT2D eigenvalue weighted by Gasteiger charge is -2.30. The summed E-state index contributed by atoms with van der Waals surface area (Å²) in [5.41, 5.74) is 17.6. The molecule has 1 nitrogen and oxygen atoms in total. The van der Waals surface area contributed by atoms with Crippen LogP contribution in [0.2, 0.25) is 0 Å². The zero-order valence-electron chi connectivity index (χ0n) is 30.3. The molecule has 0 bridgehead atoms. The smallest absolute Gasteiger partial charge is 0.0496 e. The van der Waals surface area contributed by atoms with Crippen LogP contribution in [0.1, 0.15) is 55.5 Å². The van der Waals surface area contributed by atoms with E-state index in [1.807, 2.05) is 0 Å². The normalized spacial score (nSPS) is 17.5. The maximum absolute atomic E-state index is 4.80. The van der Waals surface area contributed by atoms with Crippen molar-refractivity contribution in [2.24, 2.45) is 0 Å². The van der Waals surface area contributed by atoms with Crippen LogP contribution in [0, 0.1) is 0 Å². The molecular weight excluding hydrogens is 627 g/mol. The molecular formula is C51H41N. The number of anilines is 2. The molecule has 0 atom stereocenters. The molecule has 1 heteroatoms. The van der Waals surface area contributed by atoms with E-state index in [9.17, 15) is 0 Å². The first-order valence-corrected chi connectivity index (χ1v) is 18.5. The van der Waals surface area contributed by atoms with E-state index in [1.165, 1.54) is 94.1 Å². The van der Waals surface area contributed by atoms with Crippen LogP contribution in [-0.4, -0.2) is 6.54 Å². The predicted molar refractivity (Wildman–Crippen MR) is 222 cm³/mol. The highest BCUT2D eigenvalue weighted by molar-refractivity contribution is 6.01. The fourth-order valence-electron chi connectivity index (χ4n) is 9.35. The van der Waals surface area contributed by atoms with Crippen molar-refractivity contribution in [2.45, 2.75) is 38.5 Å². The summed E-state index contributed by atoms with van der Waals surface area (Å²) in [5.74, 6) is 0. The quantitative estimate of drug-likeness (QED) is 0.177. The molecule has 0 unspecified atom stereocenters. The van der Waals surface area contributed by atoms with Crippen LogP contribution in [0.15, 0.2) is 164 Å². The van der Waals surface area contributed by atoms with Gasteiger partial charge in [-0.05, 0) is 125 Å². The number of fused-ring (bicyclic) bond motifs is 9. The average molecular weight is 668 g/mol. The fraction of sp³-hybridized carbons (Fsp3) is 0.137. The lowest BCUT2D eigenvalue weighted by molar-refractivity contribution is 0.658. The molecule has 10 rings (SSSR count). The second-order valence-electron chi connectivity index (χ2n) is 15.9. The Labute approximate surface area is 306 Å². The molecule has 0 N–H and O–H groups in total. The summed E-state index contributed by atoms with van der Waals surface area (Å²) in [6.07, 6.45) is 4.84. The molecule has 0 radical (unpaired) electrons. The lowest BCUT2D eigenvalue weighted by Crippen LogP contribution is -2.22. The third-order valence-electron chi connectivity index (χ3n) is 12.2. The standard InChI is InChI=1S/C51H41N/c1-32-26-43-40-14-8-10-16-45(40)50(2,3)47(43)24-25-52(49-31-48-44(30-42(32)49)41-15-9-11-17-46(41)51(48,4)5)39-23-22-37-28-36(20-21-38(37)29-39)35-19-18-33-12-6-7-13-34(33)27-35/h6-24,26-31H,1,25H2,2-5H3/b43-26?,47-24+. The van der Waals surface area contributed by atoms with Gasteiger partial charge in [-0.2, -0.15) is 0 Å². The van der Waals surface area contributed by atoms with Crippen LogP contribution in [0.3, 0.4) is 0 Å². The Hall–Kier alpha value is -5.92. The summed E-state index contributed by atoms with van der Waals surface area (Å²) in [6, 6.07) is 52.0. The van der Waals surface area contributed by atoms with Gasteiger partial charge in [-0.3, -0.25) is 0 Å². The molecule has 0 spiro atoms. The van der Waals surface area contributed by atoms with Crippen LogP contribution in [0.25, 0.3) is 54.9 Å². The van der Waals surface area contributed by atoms with Gasteiger partial charge in [0.15, 0.2) is 0 Å². The van der Waals surface area contributed by atoms with Gasteiger partial charge in [0.05, 0.1) is 0 Å². The van der Waals surface area contributed by atoms with Gasteiger partial charge in [0.1, 0.15) is 0 Å². The first-order valence-electron chi connectivity index (χ1n) is 18.5. The van der Waals surface area contributed by atoms with Crippen LogP contribution in [0.5, 0.6) is 0 Å². The van der Waals surface area contributed by atoms with E-state index >= 15 is 0 Å². The van der Waals surface area contributed by atoms with Crippen LogP contribution >= 0.6 is 0 Å². The zero-order valence-corrected chi connectivity index (χ0v) is 30.3. The molecule has 0 aromatic heterocycles. The highest BCUT2D eigenvalue weighted by Crippen LogP contribution is 2.54. The Morgan fingerprint density at radius 1 is 0.500 bits per heavy atom. The molecule has 3 aliphatic rings. The van der Waals surface area contributed by atoms with Crippen molar-refractivity contribution in [3.63, 3.8) is 0 Å². The van der Waals surface area contributed by atoms with Gasteiger partial charge < -0.3 is 4.90 Å².